The van der Waals surface area contributed by atoms with Crippen LogP contribution in [0.4, 0.5) is 0 Å². The molecule has 1 aliphatic carbocycles. The summed E-state index contributed by atoms with van der Waals surface area (Å²) in [4.78, 5) is 1.63. The van der Waals surface area contributed by atoms with Crippen LogP contribution in [-0.2, 0) is 0 Å². The van der Waals surface area contributed by atoms with E-state index in [9.17, 15) is 0 Å². The van der Waals surface area contributed by atoms with Crippen molar-refractivity contribution in [2.75, 3.05) is 6.26 Å². The molecule has 0 aromatic rings. The van der Waals surface area contributed by atoms with Gasteiger partial charge in [-0.3, -0.25) is 0 Å². The van der Waals surface area contributed by atoms with Crippen LogP contribution in [-0.4, -0.2) is 6.26 Å². The summed E-state index contributed by atoms with van der Waals surface area (Å²) in [6.07, 6.45) is 4.89. The lowest BCUT2D eigenvalue weighted by molar-refractivity contribution is 0.691. The van der Waals surface area contributed by atoms with Crippen molar-refractivity contribution >= 4 is 11.8 Å². The van der Waals surface area contributed by atoms with Gasteiger partial charge < -0.3 is 0 Å². The number of hydrogen-bond donors (Lipinski definition) is 0. The molecular weight excluding hydrogens is 128 g/mol. The highest BCUT2D eigenvalue weighted by molar-refractivity contribution is 8.02. The van der Waals surface area contributed by atoms with Gasteiger partial charge in [0.15, 0.2) is 0 Å². The van der Waals surface area contributed by atoms with Crippen molar-refractivity contribution in [3.05, 3.63) is 10.5 Å². The lowest BCUT2D eigenvalue weighted by atomic mass is 10.2. The normalized spacial score (nSPS) is 27.7. The van der Waals surface area contributed by atoms with Gasteiger partial charge in [-0.1, -0.05) is 12.5 Å². The van der Waals surface area contributed by atoms with Gasteiger partial charge in [0, 0.05) is 0 Å². The number of hydrogen-bond acceptors (Lipinski definition) is 1. The summed E-state index contributed by atoms with van der Waals surface area (Å²) in [5.74, 6) is 0.847. The molecule has 0 heterocycles. The number of thioether (sulfide) groups is 1. The van der Waals surface area contributed by atoms with Crippen LogP contribution in [0.3, 0.4) is 0 Å². The Morgan fingerprint density at radius 2 is 2.22 bits per heavy atom. The van der Waals surface area contributed by atoms with E-state index in [1.54, 1.807) is 10.5 Å². The van der Waals surface area contributed by atoms with Crippen LogP contribution in [0.25, 0.3) is 0 Å². The molecule has 0 saturated carbocycles. The highest BCUT2D eigenvalue weighted by Crippen LogP contribution is 2.37. The van der Waals surface area contributed by atoms with Crippen molar-refractivity contribution in [3.8, 4) is 0 Å². The molecule has 1 atom stereocenters. The van der Waals surface area contributed by atoms with E-state index >= 15 is 0 Å². The SMILES string of the molecule is CSC1=C(C)CCC1C. The molecule has 1 unspecified atom stereocenters. The summed E-state index contributed by atoms with van der Waals surface area (Å²) >= 11 is 1.93. The molecule has 0 nitrogen and oxygen atoms in total. The predicted octanol–water partition coefficient (Wildman–Crippen LogP) is 3.05. The van der Waals surface area contributed by atoms with E-state index in [0.717, 1.165) is 5.92 Å². The van der Waals surface area contributed by atoms with Crippen LogP contribution in [0.5, 0.6) is 0 Å². The lowest BCUT2D eigenvalue weighted by Gasteiger charge is -2.04. The molecular formula is C8H14S. The summed E-state index contributed by atoms with van der Waals surface area (Å²) in [5, 5.41) is 0. The van der Waals surface area contributed by atoms with E-state index in [0.29, 0.717) is 0 Å². The third kappa shape index (κ3) is 1.32. The van der Waals surface area contributed by atoms with Gasteiger partial charge >= 0.3 is 0 Å². The fraction of sp³-hybridized carbons (Fsp3) is 0.750. The van der Waals surface area contributed by atoms with Crippen LogP contribution in [0, 0.1) is 5.92 Å². The molecule has 1 rings (SSSR count). The van der Waals surface area contributed by atoms with Gasteiger partial charge in [-0.15, -0.1) is 11.8 Å². The first-order valence-corrected chi connectivity index (χ1v) is 4.71. The molecule has 0 aliphatic heterocycles. The van der Waals surface area contributed by atoms with Gasteiger partial charge in [0.25, 0.3) is 0 Å². The fourth-order valence-corrected chi connectivity index (χ4v) is 2.45. The van der Waals surface area contributed by atoms with E-state index in [4.69, 9.17) is 0 Å². The third-order valence-corrected chi connectivity index (χ3v) is 3.23. The third-order valence-electron chi connectivity index (χ3n) is 2.04. The summed E-state index contributed by atoms with van der Waals surface area (Å²) in [5.41, 5.74) is 1.62. The van der Waals surface area contributed by atoms with E-state index < -0.39 is 0 Å². The Morgan fingerprint density at radius 1 is 1.56 bits per heavy atom. The number of allylic oxidation sites excluding steroid dienone is 2. The van der Waals surface area contributed by atoms with Crippen LogP contribution in [0.15, 0.2) is 10.5 Å². The zero-order valence-corrected chi connectivity index (χ0v) is 7.22. The van der Waals surface area contributed by atoms with Crippen molar-refractivity contribution in [3.63, 3.8) is 0 Å². The highest BCUT2D eigenvalue weighted by Gasteiger charge is 2.17. The van der Waals surface area contributed by atoms with Crippen molar-refractivity contribution in [1.29, 1.82) is 0 Å². The fourth-order valence-electron chi connectivity index (χ4n) is 1.48. The van der Waals surface area contributed by atoms with Crippen LogP contribution in [0.2, 0.25) is 0 Å². The Morgan fingerprint density at radius 3 is 2.44 bits per heavy atom. The molecule has 1 aliphatic rings. The Hall–Kier alpha value is 0.0900. The maximum Gasteiger partial charge on any atom is -0.0128 e. The smallest absolute Gasteiger partial charge is 0.0128 e. The zero-order chi connectivity index (χ0) is 6.85. The molecule has 9 heavy (non-hydrogen) atoms. The molecule has 0 aromatic carbocycles. The van der Waals surface area contributed by atoms with Gasteiger partial charge in [0.1, 0.15) is 0 Å². The molecule has 0 aromatic heterocycles. The van der Waals surface area contributed by atoms with Crippen LogP contribution >= 0.6 is 11.8 Å². The topological polar surface area (TPSA) is 0 Å². The monoisotopic (exact) mass is 142 g/mol. The summed E-state index contributed by atoms with van der Waals surface area (Å²) < 4.78 is 0. The van der Waals surface area contributed by atoms with Crippen molar-refractivity contribution in [2.24, 2.45) is 5.92 Å². The second-order valence-corrected chi connectivity index (χ2v) is 3.64. The molecule has 1 heteroatoms. The van der Waals surface area contributed by atoms with Gasteiger partial charge in [-0.2, -0.15) is 0 Å². The molecule has 0 bridgehead atoms. The number of rotatable bonds is 1. The predicted molar refractivity (Wildman–Crippen MR) is 44.6 cm³/mol. The average Bonchev–Trinajstić information content (AvgIpc) is 2.12. The molecule has 0 N–H and O–H groups in total. The van der Waals surface area contributed by atoms with E-state index in [1.807, 2.05) is 11.8 Å². The minimum Gasteiger partial charge on any atom is -0.134 e. The average molecular weight is 142 g/mol. The van der Waals surface area contributed by atoms with Gasteiger partial charge in [-0.25, -0.2) is 0 Å². The molecule has 0 saturated heterocycles. The van der Waals surface area contributed by atoms with Crippen LogP contribution < -0.4 is 0 Å². The van der Waals surface area contributed by atoms with Crippen molar-refractivity contribution in [2.45, 2.75) is 26.7 Å². The molecule has 52 valence electrons. The zero-order valence-electron chi connectivity index (χ0n) is 6.40. The maximum absolute atomic E-state index is 2.32. The molecule has 0 amide bonds. The Labute approximate surface area is 61.7 Å². The van der Waals surface area contributed by atoms with E-state index in [2.05, 4.69) is 20.1 Å². The first-order valence-electron chi connectivity index (χ1n) is 3.49. The quantitative estimate of drug-likeness (QED) is 0.542. The lowest BCUT2D eigenvalue weighted by Crippen LogP contribution is -1.86. The molecule has 0 radical (unpaired) electrons. The van der Waals surface area contributed by atoms with Crippen molar-refractivity contribution < 1.29 is 0 Å². The Kier molecular flexibility index (Phi) is 2.23. The second kappa shape index (κ2) is 2.78. The minimum atomic E-state index is 0.847. The standard InChI is InChI=1S/C8H14S/c1-6-4-5-7(2)8(6)9-3/h6H,4-5H2,1-3H3. The summed E-state index contributed by atoms with van der Waals surface area (Å²) in [7, 11) is 0. The molecule has 0 spiro atoms. The summed E-state index contributed by atoms with van der Waals surface area (Å²) in [6, 6.07) is 0. The van der Waals surface area contributed by atoms with Gasteiger partial charge in [-0.05, 0) is 36.8 Å². The maximum atomic E-state index is 2.32. The minimum absolute atomic E-state index is 0.847. The van der Waals surface area contributed by atoms with Gasteiger partial charge in [0.2, 0.25) is 0 Å². The first-order chi connectivity index (χ1) is 4.25. The summed E-state index contributed by atoms with van der Waals surface area (Å²) in [6.45, 7) is 4.58. The first kappa shape index (κ1) is 7.20. The van der Waals surface area contributed by atoms with Crippen molar-refractivity contribution in [1.82, 2.24) is 0 Å². The highest BCUT2D eigenvalue weighted by atomic mass is 32.2. The second-order valence-electron chi connectivity index (χ2n) is 2.79. The van der Waals surface area contributed by atoms with Gasteiger partial charge in [0.05, 0.1) is 0 Å². The van der Waals surface area contributed by atoms with Crippen LogP contribution in [0.1, 0.15) is 26.7 Å². The Bertz CT molecular complexity index is 136. The van der Waals surface area contributed by atoms with E-state index in [-0.39, 0.29) is 0 Å². The molecule has 0 fully saturated rings. The largest absolute Gasteiger partial charge is 0.134 e. The van der Waals surface area contributed by atoms with E-state index in [1.165, 1.54) is 12.8 Å². The Balaban J connectivity index is 2.69.